The minimum atomic E-state index is -1.46. The predicted octanol–water partition coefficient (Wildman–Crippen LogP) is 3.71. The molecule has 17 heavy (non-hydrogen) atoms. The van der Waals surface area contributed by atoms with Gasteiger partial charge in [0.1, 0.15) is 23.5 Å². The van der Waals surface area contributed by atoms with Crippen LogP contribution in [0.1, 0.15) is 23.0 Å². The number of rotatable bonds is 2. The van der Waals surface area contributed by atoms with Gasteiger partial charge in [0.05, 0.1) is 16.3 Å². The molecule has 1 heterocycles. The van der Waals surface area contributed by atoms with E-state index in [2.05, 4.69) is 15.9 Å². The van der Waals surface area contributed by atoms with Crippen molar-refractivity contribution >= 4 is 15.9 Å². The fraction of sp³-hybridized carbons (Fsp3) is 0.167. The summed E-state index contributed by atoms with van der Waals surface area (Å²) in [5.41, 5.74) is 0.216. The van der Waals surface area contributed by atoms with E-state index < -0.39 is 23.3 Å². The van der Waals surface area contributed by atoms with Crippen LogP contribution in [0.4, 0.5) is 8.78 Å². The van der Waals surface area contributed by atoms with Crippen LogP contribution >= 0.6 is 15.9 Å². The average molecular weight is 303 g/mol. The highest BCUT2D eigenvalue weighted by molar-refractivity contribution is 9.10. The second kappa shape index (κ2) is 4.58. The van der Waals surface area contributed by atoms with Gasteiger partial charge in [-0.2, -0.15) is 0 Å². The second-order valence-corrected chi connectivity index (χ2v) is 4.48. The molecule has 0 aliphatic rings. The summed E-state index contributed by atoms with van der Waals surface area (Å²) in [5.74, 6) is -1.50. The first-order valence-corrected chi connectivity index (χ1v) is 5.67. The number of aliphatic hydroxyl groups excluding tert-OH is 1. The Labute approximate surface area is 105 Å². The zero-order valence-electron chi connectivity index (χ0n) is 8.88. The molecule has 0 aliphatic heterocycles. The molecule has 0 spiro atoms. The predicted molar refractivity (Wildman–Crippen MR) is 61.6 cm³/mol. The van der Waals surface area contributed by atoms with E-state index in [1.54, 1.807) is 13.0 Å². The van der Waals surface area contributed by atoms with Crippen LogP contribution in [0.2, 0.25) is 0 Å². The van der Waals surface area contributed by atoms with Gasteiger partial charge in [0.15, 0.2) is 0 Å². The summed E-state index contributed by atoms with van der Waals surface area (Å²) < 4.78 is 32.4. The van der Waals surface area contributed by atoms with Crippen LogP contribution in [0, 0.1) is 18.6 Å². The smallest absolute Gasteiger partial charge is 0.146 e. The number of furan rings is 1. The lowest BCUT2D eigenvalue weighted by Gasteiger charge is -2.12. The van der Waals surface area contributed by atoms with Crippen LogP contribution in [-0.4, -0.2) is 5.11 Å². The van der Waals surface area contributed by atoms with Gasteiger partial charge in [-0.15, -0.1) is 0 Å². The highest BCUT2D eigenvalue weighted by Crippen LogP contribution is 2.32. The lowest BCUT2D eigenvalue weighted by Crippen LogP contribution is -2.06. The minimum Gasteiger partial charge on any atom is -0.466 e. The molecule has 0 bridgehead atoms. The van der Waals surface area contributed by atoms with Gasteiger partial charge in [0.25, 0.3) is 0 Å². The zero-order valence-corrected chi connectivity index (χ0v) is 10.5. The number of aryl methyl sites for hydroxylation is 1. The van der Waals surface area contributed by atoms with Gasteiger partial charge in [0.2, 0.25) is 0 Å². The molecule has 1 aromatic carbocycles. The highest BCUT2D eigenvalue weighted by Gasteiger charge is 2.24. The summed E-state index contributed by atoms with van der Waals surface area (Å²) >= 11 is 2.95. The molecule has 1 unspecified atom stereocenters. The Morgan fingerprint density at radius 2 is 2.00 bits per heavy atom. The van der Waals surface area contributed by atoms with Crippen LogP contribution < -0.4 is 0 Å². The van der Waals surface area contributed by atoms with Crippen LogP contribution in [-0.2, 0) is 0 Å². The Bertz CT molecular complexity index is 551. The molecule has 0 saturated heterocycles. The molecule has 90 valence electrons. The third-order valence-electron chi connectivity index (χ3n) is 2.50. The van der Waals surface area contributed by atoms with Crippen LogP contribution in [0.3, 0.4) is 0 Å². The van der Waals surface area contributed by atoms with E-state index in [0.717, 1.165) is 6.07 Å². The van der Waals surface area contributed by atoms with Crippen LogP contribution in [0.15, 0.2) is 33.4 Å². The third-order valence-corrected chi connectivity index (χ3v) is 3.12. The molecule has 0 aliphatic carbocycles. The molecule has 0 fully saturated rings. The normalized spacial score (nSPS) is 12.8. The van der Waals surface area contributed by atoms with E-state index in [4.69, 9.17) is 4.42 Å². The Morgan fingerprint density at radius 3 is 2.59 bits per heavy atom. The molecular weight excluding hydrogens is 294 g/mol. The number of benzene rings is 1. The Kier molecular flexibility index (Phi) is 3.31. The zero-order chi connectivity index (χ0) is 12.6. The van der Waals surface area contributed by atoms with Crippen molar-refractivity contribution in [2.45, 2.75) is 13.0 Å². The molecule has 2 rings (SSSR count). The highest BCUT2D eigenvalue weighted by atomic mass is 79.9. The van der Waals surface area contributed by atoms with Crippen LogP contribution in [0.25, 0.3) is 0 Å². The largest absolute Gasteiger partial charge is 0.466 e. The number of hydrogen-bond donors (Lipinski definition) is 1. The van der Waals surface area contributed by atoms with Crippen molar-refractivity contribution in [3.8, 4) is 0 Å². The molecule has 1 aromatic heterocycles. The number of halogens is 3. The standard InChI is InChI=1S/C12H9BrF2O2/c1-6-4-5-17-12(6)11(16)9-8(14)3-2-7(13)10(9)15/h2-5,11,16H,1H3. The number of hydrogen-bond acceptors (Lipinski definition) is 2. The van der Waals surface area contributed by atoms with Gasteiger partial charge < -0.3 is 9.52 Å². The minimum absolute atomic E-state index is 0.0946. The van der Waals surface area contributed by atoms with Crippen molar-refractivity contribution in [2.75, 3.05) is 0 Å². The van der Waals surface area contributed by atoms with Gasteiger partial charge in [-0.3, -0.25) is 0 Å². The van der Waals surface area contributed by atoms with Crippen molar-refractivity contribution in [1.82, 2.24) is 0 Å². The lowest BCUT2D eigenvalue weighted by molar-refractivity contribution is 0.178. The second-order valence-electron chi connectivity index (χ2n) is 3.63. The monoisotopic (exact) mass is 302 g/mol. The van der Waals surface area contributed by atoms with E-state index in [9.17, 15) is 13.9 Å². The maximum absolute atomic E-state index is 13.7. The summed E-state index contributed by atoms with van der Waals surface area (Å²) in [6.45, 7) is 1.69. The Hall–Kier alpha value is -1.20. The first-order chi connectivity index (χ1) is 8.02. The molecule has 0 saturated carbocycles. The van der Waals surface area contributed by atoms with Crippen molar-refractivity contribution in [2.24, 2.45) is 0 Å². The summed E-state index contributed by atoms with van der Waals surface area (Å²) in [6, 6.07) is 3.95. The quantitative estimate of drug-likeness (QED) is 0.858. The Morgan fingerprint density at radius 1 is 1.29 bits per heavy atom. The molecule has 2 nitrogen and oxygen atoms in total. The molecule has 1 atom stereocenters. The van der Waals surface area contributed by atoms with Gasteiger partial charge in [-0.25, -0.2) is 8.78 Å². The third kappa shape index (κ3) is 2.12. The first kappa shape index (κ1) is 12.3. The maximum atomic E-state index is 13.7. The van der Waals surface area contributed by atoms with E-state index in [-0.39, 0.29) is 10.2 Å². The van der Waals surface area contributed by atoms with E-state index in [0.29, 0.717) is 5.56 Å². The average Bonchev–Trinajstić information content (AvgIpc) is 2.70. The van der Waals surface area contributed by atoms with Gasteiger partial charge >= 0.3 is 0 Å². The van der Waals surface area contributed by atoms with E-state index in [1.807, 2.05) is 0 Å². The van der Waals surface area contributed by atoms with Crippen molar-refractivity contribution in [3.05, 3.63) is 57.5 Å². The number of aliphatic hydroxyl groups is 1. The van der Waals surface area contributed by atoms with E-state index >= 15 is 0 Å². The summed E-state index contributed by atoms with van der Waals surface area (Å²) in [7, 11) is 0. The summed E-state index contributed by atoms with van der Waals surface area (Å²) in [4.78, 5) is 0. The van der Waals surface area contributed by atoms with Gasteiger partial charge in [-0.1, -0.05) is 0 Å². The molecule has 2 aromatic rings. The molecule has 0 radical (unpaired) electrons. The Balaban J connectivity index is 2.55. The van der Waals surface area contributed by atoms with E-state index in [1.165, 1.54) is 12.3 Å². The molecule has 0 amide bonds. The van der Waals surface area contributed by atoms with Gasteiger partial charge in [0, 0.05) is 0 Å². The maximum Gasteiger partial charge on any atom is 0.146 e. The van der Waals surface area contributed by atoms with Crippen LogP contribution in [0.5, 0.6) is 0 Å². The van der Waals surface area contributed by atoms with Crippen molar-refractivity contribution in [3.63, 3.8) is 0 Å². The lowest BCUT2D eigenvalue weighted by atomic mass is 10.0. The van der Waals surface area contributed by atoms with Crippen molar-refractivity contribution < 1.29 is 18.3 Å². The molecule has 5 heteroatoms. The fourth-order valence-corrected chi connectivity index (χ4v) is 1.93. The van der Waals surface area contributed by atoms with Gasteiger partial charge in [-0.05, 0) is 46.6 Å². The molecule has 1 N–H and O–H groups in total. The first-order valence-electron chi connectivity index (χ1n) is 4.88. The topological polar surface area (TPSA) is 33.4 Å². The molecular formula is C12H9BrF2O2. The SMILES string of the molecule is Cc1ccoc1C(O)c1c(F)ccc(Br)c1F. The fourth-order valence-electron chi connectivity index (χ4n) is 1.59. The van der Waals surface area contributed by atoms with Crippen molar-refractivity contribution in [1.29, 1.82) is 0 Å². The summed E-state index contributed by atoms with van der Waals surface area (Å²) in [6.07, 6.45) is -0.0932. The summed E-state index contributed by atoms with van der Waals surface area (Å²) in [5, 5.41) is 9.95.